The fourth-order valence-electron chi connectivity index (χ4n) is 2.57. The normalized spacial score (nSPS) is 19.8. The molecule has 1 aromatic carbocycles. The molecule has 11 heteroatoms. The number of ether oxygens (including phenoxy) is 3. The molecule has 1 saturated heterocycles. The van der Waals surface area contributed by atoms with Gasteiger partial charge in [0, 0.05) is 24.4 Å². The SMILES string of the molecule is CC(=O)NCCCS(=O)(=O)OCC(C)(C)[C@H]1OC(=O)OC(c2ccccc2)OC1=O. The van der Waals surface area contributed by atoms with Crippen molar-refractivity contribution in [3.05, 3.63) is 35.9 Å². The molecule has 2 atom stereocenters. The van der Waals surface area contributed by atoms with Crippen molar-refractivity contribution in [2.24, 2.45) is 5.41 Å². The Morgan fingerprint density at radius 3 is 2.43 bits per heavy atom. The molecule has 0 spiro atoms. The summed E-state index contributed by atoms with van der Waals surface area (Å²) in [6.07, 6.45) is -3.67. The van der Waals surface area contributed by atoms with Crippen molar-refractivity contribution in [2.45, 2.75) is 39.6 Å². The second-order valence-corrected chi connectivity index (χ2v) is 9.15. The molecule has 1 N–H and O–H groups in total. The van der Waals surface area contributed by atoms with E-state index in [2.05, 4.69) is 5.32 Å². The smallest absolute Gasteiger partial charge is 0.418 e. The summed E-state index contributed by atoms with van der Waals surface area (Å²) in [5, 5.41) is 2.49. The first-order chi connectivity index (χ1) is 14.0. The Kier molecular flexibility index (Phi) is 7.79. The quantitative estimate of drug-likeness (QED) is 0.343. The first kappa shape index (κ1) is 23.6. The summed E-state index contributed by atoms with van der Waals surface area (Å²) in [6, 6.07) is 8.37. The van der Waals surface area contributed by atoms with Crippen molar-refractivity contribution in [1.29, 1.82) is 0 Å². The van der Waals surface area contributed by atoms with Crippen molar-refractivity contribution >= 4 is 28.1 Å². The number of amides is 1. The summed E-state index contributed by atoms with van der Waals surface area (Å²) in [5.41, 5.74) is -0.786. The minimum absolute atomic E-state index is 0.162. The third kappa shape index (κ3) is 6.99. The highest BCUT2D eigenvalue weighted by Gasteiger charge is 2.45. The molecule has 1 heterocycles. The van der Waals surface area contributed by atoms with Gasteiger partial charge in [0.05, 0.1) is 12.4 Å². The lowest BCUT2D eigenvalue weighted by Gasteiger charge is -2.29. The minimum Gasteiger partial charge on any atom is -0.418 e. The molecular formula is C19H25NO9S. The van der Waals surface area contributed by atoms with E-state index in [1.54, 1.807) is 30.3 Å². The van der Waals surface area contributed by atoms with Crippen LogP contribution in [0.2, 0.25) is 0 Å². The van der Waals surface area contributed by atoms with Crippen LogP contribution in [0.1, 0.15) is 39.0 Å². The molecule has 166 valence electrons. The zero-order valence-corrected chi connectivity index (χ0v) is 17.8. The molecule has 1 aliphatic rings. The minimum atomic E-state index is -3.92. The summed E-state index contributed by atoms with van der Waals surface area (Å²) < 4.78 is 44.5. The molecule has 1 unspecified atom stereocenters. The number of hydrogen-bond donors (Lipinski definition) is 1. The van der Waals surface area contributed by atoms with Crippen LogP contribution in [0.5, 0.6) is 0 Å². The Bertz CT molecular complexity index is 867. The maximum Gasteiger partial charge on any atom is 0.512 e. The lowest BCUT2D eigenvalue weighted by atomic mass is 9.87. The fraction of sp³-hybridized carbons (Fsp3) is 0.526. The van der Waals surface area contributed by atoms with E-state index < -0.39 is 46.7 Å². The second kappa shape index (κ2) is 9.90. The molecule has 1 fully saturated rings. The van der Waals surface area contributed by atoms with Gasteiger partial charge >= 0.3 is 12.1 Å². The van der Waals surface area contributed by atoms with E-state index in [0.717, 1.165) is 0 Å². The molecule has 2 rings (SSSR count). The van der Waals surface area contributed by atoms with Gasteiger partial charge in [-0.2, -0.15) is 8.42 Å². The second-order valence-electron chi connectivity index (χ2n) is 7.39. The van der Waals surface area contributed by atoms with Crippen molar-refractivity contribution in [3.8, 4) is 0 Å². The molecule has 0 bridgehead atoms. The zero-order valence-electron chi connectivity index (χ0n) is 17.0. The van der Waals surface area contributed by atoms with Crippen LogP contribution in [0.3, 0.4) is 0 Å². The number of hydrogen-bond acceptors (Lipinski definition) is 9. The fourth-order valence-corrected chi connectivity index (χ4v) is 3.66. The van der Waals surface area contributed by atoms with Gasteiger partial charge in [-0.1, -0.05) is 44.2 Å². The summed E-state index contributed by atoms with van der Waals surface area (Å²) in [5.74, 6) is -1.47. The number of carbonyl (C=O) groups is 3. The zero-order chi connectivity index (χ0) is 22.4. The molecule has 10 nitrogen and oxygen atoms in total. The van der Waals surface area contributed by atoms with Crippen molar-refractivity contribution in [2.75, 3.05) is 18.9 Å². The lowest BCUT2D eigenvalue weighted by molar-refractivity contribution is -0.171. The molecule has 0 radical (unpaired) electrons. The Balaban J connectivity index is 1.99. The van der Waals surface area contributed by atoms with E-state index in [9.17, 15) is 22.8 Å². The Labute approximate surface area is 174 Å². The highest BCUT2D eigenvalue weighted by atomic mass is 32.2. The standard InChI is InChI=1S/C19H25NO9S/c1-13(21)20-10-7-11-30(24,25)26-12-19(2,3)15-16(22)28-17(29-18(23)27-15)14-8-5-4-6-9-14/h4-6,8-9,15,17H,7,10-12H2,1-3H3,(H,20,21)/t15-,17?/m0/s1. The highest BCUT2D eigenvalue weighted by molar-refractivity contribution is 7.86. The Hall–Kier alpha value is -2.66. The number of benzene rings is 1. The van der Waals surface area contributed by atoms with Crippen LogP contribution in [0.25, 0.3) is 0 Å². The van der Waals surface area contributed by atoms with E-state index in [-0.39, 0.29) is 24.6 Å². The van der Waals surface area contributed by atoms with Crippen molar-refractivity contribution in [1.82, 2.24) is 5.32 Å². The van der Waals surface area contributed by atoms with Gasteiger partial charge in [0.1, 0.15) is 0 Å². The summed E-state index contributed by atoms with van der Waals surface area (Å²) in [6.45, 7) is 4.08. The van der Waals surface area contributed by atoms with Gasteiger partial charge < -0.3 is 19.5 Å². The van der Waals surface area contributed by atoms with Crippen LogP contribution in [0.15, 0.2) is 30.3 Å². The number of cyclic esters (lactones) is 3. The van der Waals surface area contributed by atoms with Gasteiger partial charge in [-0.25, -0.2) is 9.59 Å². The van der Waals surface area contributed by atoms with Crippen LogP contribution in [-0.2, 0) is 38.1 Å². The molecule has 0 saturated carbocycles. The Morgan fingerprint density at radius 1 is 1.13 bits per heavy atom. The van der Waals surface area contributed by atoms with E-state index in [1.807, 2.05) is 0 Å². The van der Waals surface area contributed by atoms with Gasteiger partial charge in [-0.15, -0.1) is 0 Å². The monoisotopic (exact) mass is 443 g/mol. The van der Waals surface area contributed by atoms with E-state index in [0.29, 0.717) is 5.56 Å². The lowest BCUT2D eigenvalue weighted by Crippen LogP contribution is -2.43. The average molecular weight is 443 g/mol. The largest absolute Gasteiger partial charge is 0.512 e. The number of esters is 1. The van der Waals surface area contributed by atoms with Crippen LogP contribution in [-0.4, -0.2) is 51.5 Å². The average Bonchev–Trinajstić information content (AvgIpc) is 2.83. The van der Waals surface area contributed by atoms with Crippen LogP contribution >= 0.6 is 0 Å². The summed E-state index contributed by atoms with van der Waals surface area (Å²) >= 11 is 0. The molecule has 0 aliphatic carbocycles. The molecule has 1 aliphatic heterocycles. The number of nitrogens with one attached hydrogen (secondary N) is 1. The van der Waals surface area contributed by atoms with E-state index >= 15 is 0 Å². The van der Waals surface area contributed by atoms with E-state index in [1.165, 1.54) is 20.8 Å². The first-order valence-electron chi connectivity index (χ1n) is 9.24. The third-order valence-corrected chi connectivity index (χ3v) is 5.46. The maximum absolute atomic E-state index is 12.6. The van der Waals surface area contributed by atoms with Crippen molar-refractivity contribution in [3.63, 3.8) is 0 Å². The molecule has 1 aromatic rings. The predicted octanol–water partition coefficient (Wildman–Crippen LogP) is 1.66. The van der Waals surface area contributed by atoms with Crippen LogP contribution < -0.4 is 5.32 Å². The van der Waals surface area contributed by atoms with Crippen LogP contribution in [0, 0.1) is 5.41 Å². The van der Waals surface area contributed by atoms with Gasteiger partial charge in [0.2, 0.25) is 12.0 Å². The predicted molar refractivity (Wildman–Crippen MR) is 103 cm³/mol. The van der Waals surface area contributed by atoms with Crippen molar-refractivity contribution < 1.29 is 41.2 Å². The van der Waals surface area contributed by atoms with Gasteiger partial charge in [0.25, 0.3) is 16.4 Å². The summed E-state index contributed by atoms with van der Waals surface area (Å²) in [7, 11) is -3.92. The number of rotatable bonds is 9. The first-order valence-corrected chi connectivity index (χ1v) is 10.8. The highest BCUT2D eigenvalue weighted by Crippen LogP contribution is 2.32. The number of carbonyl (C=O) groups excluding carboxylic acids is 3. The Morgan fingerprint density at radius 2 is 1.80 bits per heavy atom. The topological polar surface area (TPSA) is 134 Å². The summed E-state index contributed by atoms with van der Waals surface area (Å²) in [4.78, 5) is 35.4. The maximum atomic E-state index is 12.6. The molecule has 1 amide bonds. The molecule has 0 aromatic heterocycles. The van der Waals surface area contributed by atoms with Gasteiger partial charge in [-0.05, 0) is 6.42 Å². The van der Waals surface area contributed by atoms with E-state index in [4.69, 9.17) is 18.4 Å². The van der Waals surface area contributed by atoms with Gasteiger partial charge in [0.15, 0.2) is 0 Å². The van der Waals surface area contributed by atoms with Gasteiger partial charge in [-0.3, -0.25) is 8.98 Å². The molecule has 30 heavy (non-hydrogen) atoms. The van der Waals surface area contributed by atoms with Crippen LogP contribution in [0.4, 0.5) is 4.79 Å². The molecular weight excluding hydrogens is 418 g/mol. The third-order valence-electron chi connectivity index (χ3n) is 4.19.